The minimum absolute atomic E-state index is 0.0820. The molecule has 0 aliphatic carbocycles. The van der Waals surface area contributed by atoms with Crippen LogP contribution in [0.1, 0.15) is 28.8 Å². The molecule has 2 heterocycles. The Morgan fingerprint density at radius 1 is 1.39 bits per heavy atom. The highest BCUT2D eigenvalue weighted by Gasteiger charge is 2.43. The van der Waals surface area contributed by atoms with Gasteiger partial charge in [-0.05, 0) is 42.5 Å². The summed E-state index contributed by atoms with van der Waals surface area (Å²) in [5.41, 5.74) is 1.09. The number of benzene rings is 1. The van der Waals surface area contributed by atoms with Gasteiger partial charge < -0.3 is 10.1 Å². The van der Waals surface area contributed by atoms with Crippen LogP contribution in [0.2, 0.25) is 0 Å². The first-order chi connectivity index (χ1) is 10.9. The molecule has 1 atom stereocenters. The van der Waals surface area contributed by atoms with E-state index in [4.69, 9.17) is 0 Å². The van der Waals surface area contributed by atoms with Crippen LogP contribution in [-0.4, -0.2) is 52.0 Å². The lowest BCUT2D eigenvalue weighted by Crippen LogP contribution is -2.34. The fourth-order valence-corrected chi connectivity index (χ4v) is 5.11. The molecule has 2 fully saturated rings. The third kappa shape index (κ3) is 3.41. The predicted octanol–water partition coefficient (Wildman–Crippen LogP) is 0.988. The van der Waals surface area contributed by atoms with Crippen LogP contribution in [0.4, 0.5) is 0 Å². The van der Waals surface area contributed by atoms with Gasteiger partial charge in [-0.2, -0.15) is 0 Å². The number of nitrogens with one attached hydrogen (secondary N) is 1. The minimum atomic E-state index is -3.37. The van der Waals surface area contributed by atoms with Crippen LogP contribution in [0, 0.1) is 5.41 Å². The topological polar surface area (TPSA) is 75.7 Å². The molecule has 6 nitrogen and oxygen atoms in total. The largest absolute Gasteiger partial charge is 0.465 e. The second-order valence-corrected chi connectivity index (χ2v) is 8.43. The van der Waals surface area contributed by atoms with Crippen molar-refractivity contribution in [2.75, 3.05) is 33.3 Å². The molecule has 2 saturated heterocycles. The van der Waals surface area contributed by atoms with Crippen LogP contribution in [0.3, 0.4) is 0 Å². The van der Waals surface area contributed by atoms with Crippen molar-refractivity contribution in [1.82, 2.24) is 9.62 Å². The van der Waals surface area contributed by atoms with Crippen molar-refractivity contribution in [2.24, 2.45) is 5.41 Å². The van der Waals surface area contributed by atoms with E-state index in [1.165, 1.54) is 7.11 Å². The van der Waals surface area contributed by atoms with E-state index in [1.54, 1.807) is 28.6 Å². The molecule has 0 amide bonds. The lowest BCUT2D eigenvalue weighted by molar-refractivity contribution is 0.0600. The summed E-state index contributed by atoms with van der Waals surface area (Å²) in [6.45, 7) is 3.05. The molecule has 23 heavy (non-hydrogen) atoms. The van der Waals surface area contributed by atoms with E-state index in [1.807, 2.05) is 0 Å². The number of ether oxygens (including phenoxy) is 1. The van der Waals surface area contributed by atoms with Gasteiger partial charge in [-0.3, -0.25) is 0 Å². The van der Waals surface area contributed by atoms with Crippen LogP contribution in [-0.2, 0) is 20.5 Å². The number of methoxy groups -OCH3 is 1. The molecule has 1 spiro atoms. The van der Waals surface area contributed by atoms with Gasteiger partial charge in [-0.1, -0.05) is 12.1 Å². The second-order valence-electron chi connectivity index (χ2n) is 6.46. The summed E-state index contributed by atoms with van der Waals surface area (Å²) in [6.07, 6.45) is 1.96. The van der Waals surface area contributed by atoms with E-state index in [-0.39, 0.29) is 11.2 Å². The molecule has 0 aromatic heterocycles. The molecule has 0 bridgehead atoms. The number of esters is 1. The molecule has 1 unspecified atom stereocenters. The molecule has 1 N–H and O–H groups in total. The van der Waals surface area contributed by atoms with Crippen molar-refractivity contribution >= 4 is 16.0 Å². The fourth-order valence-electron chi connectivity index (χ4n) is 3.48. The lowest BCUT2D eigenvalue weighted by Gasteiger charge is -2.22. The Hall–Kier alpha value is -1.44. The molecule has 1 aromatic carbocycles. The fraction of sp³-hybridized carbons (Fsp3) is 0.562. The Bertz CT molecular complexity index is 696. The predicted molar refractivity (Wildman–Crippen MR) is 86.5 cm³/mol. The highest BCUT2D eigenvalue weighted by molar-refractivity contribution is 7.88. The quantitative estimate of drug-likeness (QED) is 0.829. The minimum Gasteiger partial charge on any atom is -0.465 e. The average Bonchev–Trinajstić information content (AvgIpc) is 3.17. The van der Waals surface area contributed by atoms with E-state index in [0.717, 1.165) is 25.9 Å². The SMILES string of the molecule is COC(=O)c1cccc(CS(=O)(=O)N2CCC3(CCNC3)C2)c1. The van der Waals surface area contributed by atoms with E-state index in [2.05, 4.69) is 10.1 Å². The van der Waals surface area contributed by atoms with E-state index in [0.29, 0.717) is 24.2 Å². The van der Waals surface area contributed by atoms with Crippen molar-refractivity contribution in [1.29, 1.82) is 0 Å². The summed E-state index contributed by atoms with van der Waals surface area (Å²) < 4.78 is 31.6. The van der Waals surface area contributed by atoms with Gasteiger partial charge in [-0.25, -0.2) is 17.5 Å². The standard InChI is InChI=1S/C16H22N2O4S/c1-22-15(19)14-4-2-3-13(9-14)10-23(20,21)18-8-6-16(12-18)5-7-17-11-16/h2-4,9,17H,5-8,10-12H2,1H3. The van der Waals surface area contributed by atoms with Gasteiger partial charge in [0.15, 0.2) is 0 Å². The molecule has 0 saturated carbocycles. The Morgan fingerprint density at radius 3 is 2.91 bits per heavy atom. The van der Waals surface area contributed by atoms with Crippen LogP contribution in [0.25, 0.3) is 0 Å². The van der Waals surface area contributed by atoms with E-state index < -0.39 is 16.0 Å². The Morgan fingerprint density at radius 2 is 2.22 bits per heavy atom. The average molecular weight is 338 g/mol. The molecule has 0 radical (unpaired) electrons. The van der Waals surface area contributed by atoms with Crippen molar-refractivity contribution in [3.8, 4) is 0 Å². The third-order valence-corrected chi connectivity index (χ3v) is 6.62. The van der Waals surface area contributed by atoms with Crippen LogP contribution >= 0.6 is 0 Å². The van der Waals surface area contributed by atoms with Crippen molar-refractivity contribution < 1.29 is 17.9 Å². The number of hydrogen-bond acceptors (Lipinski definition) is 5. The molecule has 2 aliphatic heterocycles. The van der Waals surface area contributed by atoms with Crippen molar-refractivity contribution in [3.63, 3.8) is 0 Å². The van der Waals surface area contributed by atoms with E-state index in [9.17, 15) is 13.2 Å². The highest BCUT2D eigenvalue weighted by Crippen LogP contribution is 2.37. The highest BCUT2D eigenvalue weighted by atomic mass is 32.2. The summed E-state index contributed by atoms with van der Waals surface area (Å²) in [6, 6.07) is 6.62. The number of hydrogen-bond donors (Lipinski definition) is 1. The summed E-state index contributed by atoms with van der Waals surface area (Å²) in [5.74, 6) is -0.539. The molecule has 126 valence electrons. The van der Waals surface area contributed by atoms with Gasteiger partial charge in [0.1, 0.15) is 0 Å². The maximum absolute atomic E-state index is 12.7. The van der Waals surface area contributed by atoms with Crippen molar-refractivity contribution in [2.45, 2.75) is 18.6 Å². The van der Waals surface area contributed by atoms with E-state index >= 15 is 0 Å². The summed E-state index contributed by atoms with van der Waals surface area (Å²) in [5, 5.41) is 3.33. The van der Waals surface area contributed by atoms with Gasteiger partial charge >= 0.3 is 5.97 Å². The number of nitrogens with zero attached hydrogens (tertiary/aromatic N) is 1. The molecule has 1 aromatic rings. The zero-order valence-corrected chi connectivity index (χ0v) is 14.1. The Labute approximate surface area is 136 Å². The first-order valence-corrected chi connectivity index (χ1v) is 9.41. The molecular formula is C16H22N2O4S. The maximum Gasteiger partial charge on any atom is 0.337 e. The molecular weight excluding hydrogens is 316 g/mol. The van der Waals surface area contributed by atoms with Gasteiger partial charge in [0.2, 0.25) is 10.0 Å². The molecule has 7 heteroatoms. The second kappa shape index (κ2) is 6.22. The van der Waals surface area contributed by atoms with Gasteiger partial charge in [0, 0.05) is 19.6 Å². The molecule has 3 rings (SSSR count). The number of rotatable bonds is 4. The Balaban J connectivity index is 1.73. The first kappa shape index (κ1) is 16.4. The molecule has 2 aliphatic rings. The Kier molecular flexibility index (Phi) is 4.44. The summed E-state index contributed by atoms with van der Waals surface area (Å²) in [4.78, 5) is 11.6. The van der Waals surface area contributed by atoms with Crippen LogP contribution in [0.5, 0.6) is 0 Å². The van der Waals surface area contributed by atoms with Crippen LogP contribution in [0.15, 0.2) is 24.3 Å². The van der Waals surface area contributed by atoms with Gasteiger partial charge in [0.25, 0.3) is 0 Å². The lowest BCUT2D eigenvalue weighted by atomic mass is 9.87. The van der Waals surface area contributed by atoms with Gasteiger partial charge in [-0.15, -0.1) is 0 Å². The normalized spacial score (nSPS) is 25.1. The monoisotopic (exact) mass is 338 g/mol. The van der Waals surface area contributed by atoms with Gasteiger partial charge in [0.05, 0.1) is 18.4 Å². The van der Waals surface area contributed by atoms with Crippen LogP contribution < -0.4 is 5.32 Å². The zero-order chi connectivity index (χ0) is 16.5. The summed E-state index contributed by atoms with van der Waals surface area (Å²) in [7, 11) is -2.06. The number of carbonyl (C=O) groups is 1. The number of sulfonamides is 1. The third-order valence-electron chi connectivity index (χ3n) is 4.83. The first-order valence-electron chi connectivity index (χ1n) is 7.80. The smallest absolute Gasteiger partial charge is 0.337 e. The summed E-state index contributed by atoms with van der Waals surface area (Å²) >= 11 is 0. The maximum atomic E-state index is 12.7. The number of carbonyl (C=O) groups excluding carboxylic acids is 1. The zero-order valence-electron chi connectivity index (χ0n) is 13.2. The van der Waals surface area contributed by atoms with Crippen molar-refractivity contribution in [3.05, 3.63) is 35.4 Å².